The number of allylic oxidation sites excluding steroid dienone is 2. The highest BCUT2D eigenvalue weighted by atomic mass is 16.5. The average molecular weight is 276 g/mol. The Morgan fingerprint density at radius 2 is 1.15 bits per heavy atom. The molecule has 0 aromatic rings. The Hall–Kier alpha value is -2.24. The fourth-order valence-corrected chi connectivity index (χ4v) is 3.55. The molecule has 0 saturated heterocycles. The molecule has 20 heavy (non-hydrogen) atoms. The van der Waals surface area contributed by atoms with Crippen LogP contribution in [0.15, 0.2) is 23.3 Å². The summed E-state index contributed by atoms with van der Waals surface area (Å²) >= 11 is 0. The maximum atomic E-state index is 11.9. The fourth-order valence-electron chi connectivity index (χ4n) is 3.55. The van der Waals surface area contributed by atoms with Gasteiger partial charge < -0.3 is 9.47 Å². The van der Waals surface area contributed by atoms with Gasteiger partial charge in [0.1, 0.15) is 0 Å². The highest BCUT2D eigenvalue weighted by Crippen LogP contribution is 2.60. The summed E-state index contributed by atoms with van der Waals surface area (Å²) in [6.45, 7) is 0. The highest BCUT2D eigenvalue weighted by Gasteiger charge is 2.65. The van der Waals surface area contributed by atoms with Gasteiger partial charge in [-0.2, -0.15) is 0 Å². The molecule has 0 radical (unpaired) electrons. The Labute approximate surface area is 114 Å². The van der Waals surface area contributed by atoms with Gasteiger partial charge in [-0.05, 0) is 12.2 Å². The summed E-state index contributed by atoms with van der Waals surface area (Å²) in [5.74, 6) is -3.65. The quantitative estimate of drug-likeness (QED) is 0.651. The van der Waals surface area contributed by atoms with Gasteiger partial charge in [0.2, 0.25) is 0 Å². The summed E-state index contributed by atoms with van der Waals surface area (Å²) in [6, 6.07) is 0. The highest BCUT2D eigenvalue weighted by molar-refractivity contribution is 6.14. The monoisotopic (exact) mass is 276 g/mol. The van der Waals surface area contributed by atoms with E-state index in [1.807, 2.05) is 0 Å². The van der Waals surface area contributed by atoms with Gasteiger partial charge in [-0.3, -0.25) is 9.59 Å². The lowest BCUT2D eigenvalue weighted by molar-refractivity contribution is -0.145. The lowest BCUT2D eigenvalue weighted by Crippen LogP contribution is -2.50. The second-order valence-electron chi connectivity index (χ2n) is 5.09. The molecular formula is C14H12O6. The predicted octanol–water partition coefficient (Wildman–Crippen LogP) is -0.171. The Morgan fingerprint density at radius 1 is 0.800 bits per heavy atom. The van der Waals surface area contributed by atoms with Crippen molar-refractivity contribution in [3.63, 3.8) is 0 Å². The van der Waals surface area contributed by atoms with E-state index in [-0.39, 0.29) is 22.7 Å². The molecule has 1 fully saturated rings. The maximum Gasteiger partial charge on any atom is 0.334 e. The van der Waals surface area contributed by atoms with E-state index in [9.17, 15) is 19.2 Å². The standard InChI is InChI=1S/C14H12O6/c1-19-13(17)5-3-7(15)11-9(5)10-6(14(18)20-2)4-8(16)12(10)11/h3-4,9-12H,1-2H3/t9-,10+,11-,12+. The molecule has 6 heteroatoms. The van der Waals surface area contributed by atoms with E-state index >= 15 is 0 Å². The van der Waals surface area contributed by atoms with Crippen LogP contribution in [0.5, 0.6) is 0 Å². The Bertz CT molecular complexity index is 557. The van der Waals surface area contributed by atoms with Crippen molar-refractivity contribution >= 4 is 23.5 Å². The minimum absolute atomic E-state index is 0.244. The Morgan fingerprint density at radius 3 is 1.45 bits per heavy atom. The molecule has 4 atom stereocenters. The van der Waals surface area contributed by atoms with Crippen LogP contribution in [0.2, 0.25) is 0 Å². The van der Waals surface area contributed by atoms with Gasteiger partial charge >= 0.3 is 11.9 Å². The predicted molar refractivity (Wildman–Crippen MR) is 64.2 cm³/mol. The largest absolute Gasteiger partial charge is 0.466 e. The third kappa shape index (κ3) is 1.39. The maximum absolute atomic E-state index is 11.9. The van der Waals surface area contributed by atoms with Crippen LogP contribution in [-0.2, 0) is 28.7 Å². The van der Waals surface area contributed by atoms with Crippen molar-refractivity contribution in [2.45, 2.75) is 0 Å². The van der Waals surface area contributed by atoms with Gasteiger partial charge in [0.25, 0.3) is 0 Å². The molecule has 0 aliphatic heterocycles. The number of ketones is 2. The topological polar surface area (TPSA) is 86.7 Å². The molecular weight excluding hydrogens is 264 g/mol. The molecule has 0 aromatic carbocycles. The third-order valence-electron chi connectivity index (χ3n) is 4.36. The minimum Gasteiger partial charge on any atom is -0.466 e. The van der Waals surface area contributed by atoms with Crippen molar-refractivity contribution in [1.29, 1.82) is 0 Å². The van der Waals surface area contributed by atoms with E-state index < -0.39 is 35.6 Å². The normalized spacial score (nSPS) is 33.7. The first-order valence-electron chi connectivity index (χ1n) is 6.18. The van der Waals surface area contributed by atoms with E-state index in [4.69, 9.17) is 0 Å². The number of ether oxygens (including phenoxy) is 2. The number of hydrogen-bond donors (Lipinski definition) is 0. The number of fused-ring (bicyclic) bond motifs is 4. The van der Waals surface area contributed by atoms with Crippen molar-refractivity contribution in [1.82, 2.24) is 0 Å². The van der Waals surface area contributed by atoms with Crippen LogP contribution in [0.1, 0.15) is 0 Å². The first-order chi connectivity index (χ1) is 9.51. The van der Waals surface area contributed by atoms with E-state index in [0.717, 1.165) is 0 Å². The molecule has 0 amide bonds. The van der Waals surface area contributed by atoms with Gasteiger partial charge in [0.15, 0.2) is 11.6 Å². The zero-order valence-electron chi connectivity index (χ0n) is 10.9. The van der Waals surface area contributed by atoms with Gasteiger partial charge in [-0.25, -0.2) is 9.59 Å². The Balaban J connectivity index is 1.97. The van der Waals surface area contributed by atoms with Crippen molar-refractivity contribution in [3.05, 3.63) is 23.3 Å². The molecule has 0 unspecified atom stereocenters. The third-order valence-corrected chi connectivity index (χ3v) is 4.36. The van der Waals surface area contributed by atoms with E-state index in [1.54, 1.807) is 0 Å². The molecule has 3 aliphatic rings. The van der Waals surface area contributed by atoms with Crippen molar-refractivity contribution in [3.8, 4) is 0 Å². The molecule has 0 spiro atoms. The van der Waals surface area contributed by atoms with Crippen LogP contribution < -0.4 is 0 Å². The van der Waals surface area contributed by atoms with Crippen molar-refractivity contribution in [2.24, 2.45) is 23.7 Å². The van der Waals surface area contributed by atoms with E-state index in [2.05, 4.69) is 9.47 Å². The SMILES string of the molecule is COC(=O)C1=CC(=O)[C@@H]2[C@@H]3C(=O)C=C(C(=O)OC)[C@@H]3[C@H]12. The molecule has 0 heterocycles. The number of rotatable bonds is 2. The molecule has 3 rings (SSSR count). The summed E-state index contributed by atoms with van der Waals surface area (Å²) in [7, 11) is 2.46. The van der Waals surface area contributed by atoms with E-state index in [1.165, 1.54) is 26.4 Å². The molecule has 104 valence electrons. The lowest BCUT2D eigenvalue weighted by atomic mass is 9.55. The first kappa shape index (κ1) is 12.8. The molecule has 3 aliphatic carbocycles. The second-order valence-corrected chi connectivity index (χ2v) is 5.09. The smallest absolute Gasteiger partial charge is 0.334 e. The van der Waals surface area contributed by atoms with Crippen LogP contribution >= 0.6 is 0 Å². The number of carbonyl (C=O) groups excluding carboxylic acids is 4. The fraction of sp³-hybridized carbons (Fsp3) is 0.429. The molecule has 0 N–H and O–H groups in total. The summed E-state index contributed by atoms with van der Waals surface area (Å²) < 4.78 is 9.30. The number of hydrogen-bond acceptors (Lipinski definition) is 6. The summed E-state index contributed by atoms with van der Waals surface area (Å²) in [5, 5.41) is 0. The number of carbonyl (C=O) groups is 4. The zero-order valence-corrected chi connectivity index (χ0v) is 10.9. The second kappa shape index (κ2) is 4.13. The molecule has 6 nitrogen and oxygen atoms in total. The summed E-state index contributed by atoms with van der Waals surface area (Å²) in [4.78, 5) is 47.3. The average Bonchev–Trinajstić information content (AvgIpc) is 2.83. The first-order valence-corrected chi connectivity index (χ1v) is 6.18. The molecule has 1 saturated carbocycles. The van der Waals surface area contributed by atoms with Crippen LogP contribution in [0.3, 0.4) is 0 Å². The molecule has 0 bridgehead atoms. The van der Waals surface area contributed by atoms with Crippen LogP contribution in [0.25, 0.3) is 0 Å². The summed E-state index contributed by atoms with van der Waals surface area (Å²) in [5.41, 5.74) is 0.488. The van der Waals surface area contributed by atoms with Gasteiger partial charge in [-0.15, -0.1) is 0 Å². The van der Waals surface area contributed by atoms with Crippen molar-refractivity contribution in [2.75, 3.05) is 14.2 Å². The van der Waals surface area contributed by atoms with Gasteiger partial charge in [0.05, 0.1) is 14.2 Å². The Kier molecular flexibility index (Phi) is 2.64. The van der Waals surface area contributed by atoms with E-state index in [0.29, 0.717) is 0 Å². The zero-order chi connectivity index (χ0) is 14.6. The minimum atomic E-state index is -0.590. The van der Waals surface area contributed by atoms with Gasteiger partial charge in [0, 0.05) is 34.8 Å². The van der Waals surface area contributed by atoms with Crippen LogP contribution in [0.4, 0.5) is 0 Å². The number of methoxy groups -OCH3 is 2. The number of esters is 2. The summed E-state index contributed by atoms with van der Waals surface area (Å²) in [6.07, 6.45) is 2.48. The van der Waals surface area contributed by atoms with Crippen LogP contribution in [-0.4, -0.2) is 37.7 Å². The van der Waals surface area contributed by atoms with Crippen molar-refractivity contribution < 1.29 is 28.7 Å². The lowest BCUT2D eigenvalue weighted by Gasteiger charge is -2.44. The van der Waals surface area contributed by atoms with Crippen LogP contribution in [0, 0.1) is 23.7 Å². The molecule has 0 aromatic heterocycles. The van der Waals surface area contributed by atoms with Gasteiger partial charge in [-0.1, -0.05) is 0 Å².